The first-order valence-electron chi connectivity index (χ1n) is 7.67. The van der Waals surface area contributed by atoms with Crippen molar-refractivity contribution in [1.29, 1.82) is 0 Å². The molecule has 0 aliphatic carbocycles. The monoisotopic (exact) mass is 456 g/mol. The fourth-order valence-electron chi connectivity index (χ4n) is 2.31. The number of hydrogen-bond acceptors (Lipinski definition) is 3. The fourth-order valence-corrected chi connectivity index (χ4v) is 2.72. The van der Waals surface area contributed by atoms with Gasteiger partial charge in [-0.3, -0.25) is 9.98 Å². The molecule has 6 heteroatoms. The zero-order valence-electron chi connectivity index (χ0n) is 14.4. The van der Waals surface area contributed by atoms with Crippen LogP contribution in [0.25, 0.3) is 0 Å². The molecule has 4 nitrogen and oxygen atoms in total. The van der Waals surface area contributed by atoms with Crippen LogP contribution in [-0.4, -0.2) is 42.7 Å². The van der Waals surface area contributed by atoms with Crippen LogP contribution < -0.4 is 5.32 Å². The highest BCUT2D eigenvalue weighted by atomic mass is 127. The SMILES string of the molecule is CN=C(NCCc1ccccn1)N(C)Cc1ccc(SC)cc1.I. The molecule has 0 aliphatic heterocycles. The molecule has 130 valence electrons. The van der Waals surface area contributed by atoms with Crippen LogP contribution in [0.4, 0.5) is 0 Å². The van der Waals surface area contributed by atoms with Gasteiger partial charge in [0.05, 0.1) is 0 Å². The summed E-state index contributed by atoms with van der Waals surface area (Å²) in [5, 5.41) is 3.39. The molecule has 0 saturated carbocycles. The second kappa shape index (κ2) is 11.3. The van der Waals surface area contributed by atoms with Crippen molar-refractivity contribution in [1.82, 2.24) is 15.2 Å². The summed E-state index contributed by atoms with van der Waals surface area (Å²) in [4.78, 5) is 12.1. The molecule has 0 atom stereocenters. The van der Waals surface area contributed by atoms with Crippen molar-refractivity contribution in [2.75, 3.05) is 26.9 Å². The van der Waals surface area contributed by atoms with Gasteiger partial charge >= 0.3 is 0 Å². The van der Waals surface area contributed by atoms with E-state index in [9.17, 15) is 0 Å². The van der Waals surface area contributed by atoms with Gasteiger partial charge in [0.2, 0.25) is 0 Å². The second-order valence-electron chi connectivity index (χ2n) is 5.25. The number of guanidine groups is 1. The van der Waals surface area contributed by atoms with Crippen LogP contribution >= 0.6 is 35.7 Å². The van der Waals surface area contributed by atoms with Gasteiger partial charge in [0.15, 0.2) is 5.96 Å². The molecule has 0 radical (unpaired) electrons. The molecule has 0 spiro atoms. The molecule has 1 N–H and O–H groups in total. The largest absolute Gasteiger partial charge is 0.356 e. The zero-order chi connectivity index (χ0) is 16.5. The Morgan fingerprint density at radius 1 is 1.21 bits per heavy atom. The molecule has 0 saturated heterocycles. The standard InChI is InChI=1S/C18H24N4S.HI/c1-19-18(21-13-11-16-6-4-5-12-20-16)22(2)14-15-7-9-17(23-3)10-8-15;/h4-10,12H,11,13-14H2,1-3H3,(H,19,21);1H. The van der Waals surface area contributed by atoms with E-state index in [1.54, 1.807) is 11.8 Å². The molecule has 1 aromatic carbocycles. The summed E-state index contributed by atoms with van der Waals surface area (Å²) in [6.07, 6.45) is 4.80. The fraction of sp³-hybridized carbons (Fsp3) is 0.333. The maximum absolute atomic E-state index is 4.36. The van der Waals surface area contributed by atoms with E-state index >= 15 is 0 Å². The third-order valence-electron chi connectivity index (χ3n) is 3.54. The maximum atomic E-state index is 4.36. The number of benzene rings is 1. The highest BCUT2D eigenvalue weighted by Crippen LogP contribution is 2.15. The van der Waals surface area contributed by atoms with Crippen molar-refractivity contribution in [2.45, 2.75) is 17.9 Å². The smallest absolute Gasteiger partial charge is 0.193 e. The first-order chi connectivity index (χ1) is 11.2. The number of rotatable bonds is 6. The number of aromatic nitrogens is 1. The van der Waals surface area contributed by atoms with Crippen LogP contribution in [0.15, 0.2) is 58.5 Å². The van der Waals surface area contributed by atoms with E-state index < -0.39 is 0 Å². The Morgan fingerprint density at radius 2 is 1.96 bits per heavy atom. The van der Waals surface area contributed by atoms with E-state index in [4.69, 9.17) is 0 Å². The summed E-state index contributed by atoms with van der Waals surface area (Å²) < 4.78 is 0. The lowest BCUT2D eigenvalue weighted by atomic mass is 10.2. The molecule has 0 amide bonds. The van der Waals surface area contributed by atoms with Gasteiger partial charge in [-0.25, -0.2) is 0 Å². The molecule has 24 heavy (non-hydrogen) atoms. The Bertz CT molecular complexity index is 617. The van der Waals surface area contributed by atoms with Crippen molar-refractivity contribution >= 4 is 41.7 Å². The number of thioether (sulfide) groups is 1. The first-order valence-corrected chi connectivity index (χ1v) is 8.90. The minimum absolute atomic E-state index is 0. The third-order valence-corrected chi connectivity index (χ3v) is 4.29. The Labute approximate surface area is 166 Å². The predicted octanol–water partition coefficient (Wildman–Crippen LogP) is 3.67. The van der Waals surface area contributed by atoms with Crippen molar-refractivity contribution in [2.24, 2.45) is 4.99 Å². The molecule has 0 unspecified atom stereocenters. The molecule has 1 heterocycles. The van der Waals surface area contributed by atoms with Crippen LogP contribution in [0.3, 0.4) is 0 Å². The van der Waals surface area contributed by atoms with Crippen LogP contribution in [-0.2, 0) is 13.0 Å². The average molecular weight is 456 g/mol. The van der Waals surface area contributed by atoms with Crippen molar-refractivity contribution in [3.8, 4) is 0 Å². The number of halogens is 1. The van der Waals surface area contributed by atoms with E-state index in [0.29, 0.717) is 0 Å². The van der Waals surface area contributed by atoms with Crippen LogP contribution in [0.5, 0.6) is 0 Å². The average Bonchev–Trinajstić information content (AvgIpc) is 2.60. The van der Waals surface area contributed by atoms with Crippen molar-refractivity contribution < 1.29 is 0 Å². The number of hydrogen-bond donors (Lipinski definition) is 1. The molecule has 0 aliphatic rings. The van der Waals surface area contributed by atoms with E-state index in [1.165, 1.54) is 10.5 Å². The summed E-state index contributed by atoms with van der Waals surface area (Å²) in [6, 6.07) is 14.7. The molecule has 2 rings (SSSR count). The molecular weight excluding hydrogens is 431 g/mol. The minimum Gasteiger partial charge on any atom is -0.356 e. The lowest BCUT2D eigenvalue weighted by Gasteiger charge is -2.22. The van der Waals surface area contributed by atoms with E-state index in [2.05, 4.69) is 57.8 Å². The van der Waals surface area contributed by atoms with Crippen molar-refractivity contribution in [3.63, 3.8) is 0 Å². The van der Waals surface area contributed by atoms with Crippen LogP contribution in [0, 0.1) is 0 Å². The van der Waals surface area contributed by atoms with Gasteiger partial charge in [0.1, 0.15) is 0 Å². The van der Waals surface area contributed by atoms with Crippen LogP contribution in [0.2, 0.25) is 0 Å². The van der Waals surface area contributed by atoms with Crippen LogP contribution in [0.1, 0.15) is 11.3 Å². The minimum atomic E-state index is 0. The first kappa shape index (κ1) is 20.8. The summed E-state index contributed by atoms with van der Waals surface area (Å²) in [7, 11) is 3.87. The second-order valence-corrected chi connectivity index (χ2v) is 6.13. The molecule has 0 bridgehead atoms. The summed E-state index contributed by atoms with van der Waals surface area (Å²) in [6.45, 7) is 1.65. The molecule has 0 fully saturated rings. The lowest BCUT2D eigenvalue weighted by molar-refractivity contribution is 0.477. The Morgan fingerprint density at radius 3 is 2.54 bits per heavy atom. The number of nitrogens with zero attached hydrogens (tertiary/aromatic N) is 3. The molecule has 2 aromatic rings. The van der Waals surface area contributed by atoms with E-state index in [1.807, 2.05) is 31.4 Å². The van der Waals surface area contributed by atoms with Gasteiger partial charge in [-0.1, -0.05) is 18.2 Å². The summed E-state index contributed by atoms with van der Waals surface area (Å²) >= 11 is 1.76. The van der Waals surface area contributed by atoms with Gasteiger partial charge in [-0.2, -0.15) is 0 Å². The Hall–Kier alpha value is -1.28. The van der Waals surface area contributed by atoms with Gasteiger partial charge in [0.25, 0.3) is 0 Å². The van der Waals surface area contributed by atoms with Crippen molar-refractivity contribution in [3.05, 3.63) is 59.9 Å². The summed E-state index contributed by atoms with van der Waals surface area (Å²) in [5.41, 5.74) is 2.36. The summed E-state index contributed by atoms with van der Waals surface area (Å²) in [5.74, 6) is 0.898. The van der Waals surface area contributed by atoms with Gasteiger partial charge in [-0.05, 0) is 36.1 Å². The Kier molecular flexibility index (Phi) is 9.78. The Balaban J connectivity index is 0.00000288. The highest BCUT2D eigenvalue weighted by Gasteiger charge is 2.06. The molecule has 1 aromatic heterocycles. The number of aliphatic imine (C=N–C) groups is 1. The normalized spacial score (nSPS) is 10.9. The van der Waals surface area contributed by atoms with Gasteiger partial charge in [-0.15, -0.1) is 35.7 Å². The zero-order valence-corrected chi connectivity index (χ0v) is 17.5. The quantitative estimate of drug-likeness (QED) is 0.312. The number of nitrogens with one attached hydrogen (secondary N) is 1. The maximum Gasteiger partial charge on any atom is 0.193 e. The third kappa shape index (κ3) is 6.68. The van der Waals surface area contributed by atoms with Gasteiger partial charge in [0, 0.05) is 50.4 Å². The highest BCUT2D eigenvalue weighted by molar-refractivity contribution is 14.0. The number of pyridine rings is 1. The van der Waals surface area contributed by atoms with E-state index in [-0.39, 0.29) is 24.0 Å². The lowest BCUT2D eigenvalue weighted by Crippen LogP contribution is -2.39. The van der Waals surface area contributed by atoms with Gasteiger partial charge < -0.3 is 10.2 Å². The predicted molar refractivity (Wildman–Crippen MR) is 114 cm³/mol. The topological polar surface area (TPSA) is 40.5 Å². The van der Waals surface area contributed by atoms with E-state index in [0.717, 1.165) is 31.2 Å². The molecular formula is C18H25IN4S.